The molecule has 35 heavy (non-hydrogen) atoms. The van der Waals surface area contributed by atoms with Gasteiger partial charge in [-0.15, -0.1) is 11.3 Å². The minimum atomic E-state index is -0.252. The number of nitrogens with zero attached hydrogens (tertiary/aromatic N) is 3. The molecule has 1 aromatic heterocycles. The molecular formula is C28H38FN3O2S. The number of thiophene rings is 1. The average Bonchev–Trinajstić information content (AvgIpc) is 3.35. The zero-order chi connectivity index (χ0) is 24.6. The summed E-state index contributed by atoms with van der Waals surface area (Å²) in [6.07, 6.45) is 8.60. The highest BCUT2D eigenvalue weighted by Gasteiger charge is 2.33. The topological polar surface area (TPSA) is 43.9 Å². The molecule has 7 heteroatoms. The van der Waals surface area contributed by atoms with Gasteiger partial charge in [0.2, 0.25) is 11.8 Å². The Kier molecular flexibility index (Phi) is 9.32. The van der Waals surface area contributed by atoms with Crippen molar-refractivity contribution in [3.8, 4) is 0 Å². The molecule has 1 saturated heterocycles. The number of fused-ring (bicyclic) bond motifs is 1. The van der Waals surface area contributed by atoms with Crippen molar-refractivity contribution in [2.45, 2.75) is 64.3 Å². The number of rotatable bonds is 10. The molecule has 2 aromatic rings. The summed E-state index contributed by atoms with van der Waals surface area (Å²) in [5.74, 6) is 0.0609. The lowest BCUT2D eigenvalue weighted by Gasteiger charge is -2.39. The SMILES string of the molecule is CCCCCCCCC(=O)N1CCN(C(=O)CN2CCc3sccc3[C@@H]2c2cccc(F)c2)CC1. The third-order valence-corrected chi connectivity index (χ3v) is 8.29. The maximum atomic E-state index is 14.0. The molecule has 0 spiro atoms. The average molecular weight is 500 g/mol. The number of amides is 2. The Balaban J connectivity index is 1.29. The monoisotopic (exact) mass is 499 g/mol. The van der Waals surface area contributed by atoms with Crippen LogP contribution in [0.5, 0.6) is 0 Å². The van der Waals surface area contributed by atoms with Gasteiger partial charge in [0.05, 0.1) is 12.6 Å². The fraction of sp³-hybridized carbons (Fsp3) is 0.571. The summed E-state index contributed by atoms with van der Waals surface area (Å²) < 4.78 is 14.0. The molecule has 0 unspecified atom stereocenters. The van der Waals surface area contributed by atoms with Gasteiger partial charge in [-0.05, 0) is 47.5 Å². The predicted octanol–water partition coefficient (Wildman–Crippen LogP) is 5.26. The van der Waals surface area contributed by atoms with Crippen molar-refractivity contribution in [3.05, 3.63) is 57.5 Å². The second kappa shape index (κ2) is 12.6. The van der Waals surface area contributed by atoms with E-state index in [0.29, 0.717) is 39.1 Å². The molecular weight excluding hydrogens is 461 g/mol. The van der Waals surface area contributed by atoms with Crippen LogP contribution in [0.1, 0.15) is 73.9 Å². The van der Waals surface area contributed by atoms with Crippen molar-refractivity contribution in [1.82, 2.24) is 14.7 Å². The highest BCUT2D eigenvalue weighted by atomic mass is 32.1. The number of benzene rings is 1. The van der Waals surface area contributed by atoms with Crippen LogP contribution in [-0.4, -0.2) is 65.8 Å². The minimum Gasteiger partial charge on any atom is -0.339 e. The summed E-state index contributed by atoms with van der Waals surface area (Å²) in [6.45, 7) is 5.69. The van der Waals surface area contributed by atoms with E-state index >= 15 is 0 Å². The number of carbonyl (C=O) groups is 2. The minimum absolute atomic E-state index is 0.0908. The Morgan fingerprint density at radius 3 is 2.40 bits per heavy atom. The Morgan fingerprint density at radius 1 is 0.943 bits per heavy atom. The zero-order valence-corrected chi connectivity index (χ0v) is 21.7. The predicted molar refractivity (Wildman–Crippen MR) is 139 cm³/mol. The van der Waals surface area contributed by atoms with Crippen LogP contribution < -0.4 is 0 Å². The highest BCUT2D eigenvalue weighted by Crippen LogP contribution is 2.37. The van der Waals surface area contributed by atoms with Crippen molar-refractivity contribution >= 4 is 23.2 Å². The van der Waals surface area contributed by atoms with Gasteiger partial charge in [-0.2, -0.15) is 0 Å². The Morgan fingerprint density at radius 2 is 1.66 bits per heavy atom. The standard InChI is InChI=1S/C28H38FN3O2S/c1-2-3-4-5-6-7-11-26(33)30-15-17-31(18-16-30)27(34)21-32-14-12-25-24(13-19-35-25)28(32)22-9-8-10-23(29)20-22/h8-10,13,19-20,28H,2-7,11-12,14-18,21H2,1H3/t28-/m0/s1. The number of unbranched alkanes of at least 4 members (excludes halogenated alkanes) is 5. The Bertz CT molecular complexity index is 986. The molecule has 2 aliphatic rings. The first-order valence-corrected chi connectivity index (χ1v) is 14.1. The van der Waals surface area contributed by atoms with Gasteiger partial charge in [0.25, 0.3) is 0 Å². The van der Waals surface area contributed by atoms with Crippen LogP contribution in [0.3, 0.4) is 0 Å². The number of hydrogen-bond acceptors (Lipinski definition) is 4. The summed E-state index contributed by atoms with van der Waals surface area (Å²) in [6, 6.07) is 8.75. The molecule has 4 rings (SSSR count). The molecule has 2 amide bonds. The van der Waals surface area contributed by atoms with Gasteiger partial charge >= 0.3 is 0 Å². The van der Waals surface area contributed by atoms with Gasteiger partial charge in [-0.25, -0.2) is 4.39 Å². The maximum absolute atomic E-state index is 14.0. The molecule has 0 aliphatic carbocycles. The molecule has 1 atom stereocenters. The second-order valence-electron chi connectivity index (χ2n) is 9.76. The van der Waals surface area contributed by atoms with Crippen molar-refractivity contribution in [2.75, 3.05) is 39.3 Å². The molecule has 0 bridgehead atoms. The van der Waals surface area contributed by atoms with Gasteiger partial charge in [-0.3, -0.25) is 14.5 Å². The summed E-state index contributed by atoms with van der Waals surface area (Å²) in [5.41, 5.74) is 2.08. The molecule has 190 valence electrons. The number of hydrogen-bond donors (Lipinski definition) is 0. The first-order chi connectivity index (χ1) is 17.1. The molecule has 2 aliphatic heterocycles. The van der Waals surface area contributed by atoms with E-state index in [1.54, 1.807) is 23.5 Å². The number of carbonyl (C=O) groups excluding carboxylic acids is 2. The van der Waals surface area contributed by atoms with E-state index in [9.17, 15) is 14.0 Å². The van der Waals surface area contributed by atoms with Crippen LogP contribution in [0.4, 0.5) is 4.39 Å². The van der Waals surface area contributed by atoms with Crippen molar-refractivity contribution in [1.29, 1.82) is 0 Å². The fourth-order valence-corrected chi connectivity index (χ4v) is 6.20. The van der Waals surface area contributed by atoms with E-state index in [1.165, 1.54) is 42.2 Å². The molecule has 0 N–H and O–H groups in total. The summed E-state index contributed by atoms with van der Waals surface area (Å²) in [5, 5.41) is 2.09. The van der Waals surface area contributed by atoms with Crippen LogP contribution in [0.15, 0.2) is 35.7 Å². The van der Waals surface area contributed by atoms with Crippen molar-refractivity contribution in [2.24, 2.45) is 0 Å². The third-order valence-electron chi connectivity index (χ3n) is 7.30. The maximum Gasteiger partial charge on any atom is 0.236 e. The Labute approximate surface area is 212 Å². The fourth-order valence-electron chi connectivity index (χ4n) is 5.30. The van der Waals surface area contributed by atoms with E-state index in [4.69, 9.17) is 0 Å². The molecule has 1 aromatic carbocycles. The number of piperazine rings is 1. The van der Waals surface area contributed by atoms with Crippen LogP contribution in [-0.2, 0) is 16.0 Å². The van der Waals surface area contributed by atoms with E-state index in [1.807, 2.05) is 15.9 Å². The largest absolute Gasteiger partial charge is 0.339 e. The van der Waals surface area contributed by atoms with Crippen molar-refractivity contribution in [3.63, 3.8) is 0 Å². The second-order valence-corrected chi connectivity index (χ2v) is 10.8. The zero-order valence-electron chi connectivity index (χ0n) is 20.9. The molecule has 1 fully saturated rings. The smallest absolute Gasteiger partial charge is 0.236 e. The van der Waals surface area contributed by atoms with Gasteiger partial charge in [0, 0.05) is 44.0 Å². The summed E-state index contributed by atoms with van der Waals surface area (Å²) in [4.78, 5) is 33.1. The van der Waals surface area contributed by atoms with Gasteiger partial charge in [0.15, 0.2) is 0 Å². The lowest BCUT2D eigenvalue weighted by Crippen LogP contribution is -2.53. The lowest BCUT2D eigenvalue weighted by molar-refractivity contribution is -0.140. The normalized spacial score (nSPS) is 18.5. The molecule has 3 heterocycles. The molecule has 0 saturated carbocycles. The highest BCUT2D eigenvalue weighted by molar-refractivity contribution is 7.10. The van der Waals surface area contributed by atoms with Gasteiger partial charge in [-0.1, -0.05) is 51.2 Å². The van der Waals surface area contributed by atoms with Gasteiger partial charge < -0.3 is 9.80 Å². The van der Waals surface area contributed by atoms with E-state index in [0.717, 1.165) is 31.4 Å². The quantitative estimate of drug-likeness (QED) is 0.419. The van der Waals surface area contributed by atoms with E-state index in [2.05, 4.69) is 23.3 Å². The molecule has 0 radical (unpaired) electrons. The van der Waals surface area contributed by atoms with E-state index < -0.39 is 0 Å². The summed E-state index contributed by atoms with van der Waals surface area (Å²) in [7, 11) is 0. The first-order valence-electron chi connectivity index (χ1n) is 13.2. The van der Waals surface area contributed by atoms with Crippen molar-refractivity contribution < 1.29 is 14.0 Å². The summed E-state index contributed by atoms with van der Waals surface area (Å²) >= 11 is 1.74. The lowest BCUT2D eigenvalue weighted by atomic mass is 9.93. The van der Waals surface area contributed by atoms with Crippen LogP contribution in [0.25, 0.3) is 0 Å². The molecule has 5 nitrogen and oxygen atoms in total. The van der Waals surface area contributed by atoms with Crippen LogP contribution in [0, 0.1) is 5.82 Å². The third kappa shape index (κ3) is 6.70. The van der Waals surface area contributed by atoms with Crippen LogP contribution >= 0.6 is 11.3 Å². The van der Waals surface area contributed by atoms with Gasteiger partial charge in [0.1, 0.15) is 5.82 Å². The number of halogens is 1. The first kappa shape index (κ1) is 25.8. The van der Waals surface area contributed by atoms with Crippen LogP contribution in [0.2, 0.25) is 0 Å². The van der Waals surface area contributed by atoms with E-state index in [-0.39, 0.29) is 23.7 Å². The Hall–Kier alpha value is -2.25.